The van der Waals surface area contributed by atoms with Crippen LogP contribution < -0.4 is 5.32 Å². The van der Waals surface area contributed by atoms with Gasteiger partial charge in [0.25, 0.3) is 0 Å². The molecular weight excluding hydrogens is 304 g/mol. The summed E-state index contributed by atoms with van der Waals surface area (Å²) in [6.07, 6.45) is 0.325. The quantitative estimate of drug-likeness (QED) is 0.772. The number of amides is 1. The van der Waals surface area contributed by atoms with Crippen molar-refractivity contribution in [2.24, 2.45) is 0 Å². The van der Waals surface area contributed by atoms with Gasteiger partial charge in [-0.25, -0.2) is 4.98 Å². The van der Waals surface area contributed by atoms with E-state index in [1.807, 2.05) is 55.5 Å². The van der Waals surface area contributed by atoms with Gasteiger partial charge in [-0.3, -0.25) is 4.79 Å². The van der Waals surface area contributed by atoms with Crippen molar-refractivity contribution >= 4 is 17.2 Å². The zero-order valence-electron chi connectivity index (χ0n) is 13.0. The van der Waals surface area contributed by atoms with E-state index < -0.39 is 0 Å². The SMILES string of the molecule is Cc1nc(CC(=O)NCc2ccccc2)sc1-c1ccccc1. The molecule has 0 atom stereocenters. The molecule has 0 saturated carbocycles. The maximum atomic E-state index is 12.1. The molecule has 0 bridgehead atoms. The first-order valence-corrected chi connectivity index (χ1v) is 8.36. The summed E-state index contributed by atoms with van der Waals surface area (Å²) in [6, 6.07) is 20.1. The van der Waals surface area contributed by atoms with Crippen molar-refractivity contribution in [1.29, 1.82) is 0 Å². The number of carbonyl (C=O) groups is 1. The molecular formula is C19H18N2OS. The summed E-state index contributed by atoms with van der Waals surface area (Å²) < 4.78 is 0. The van der Waals surface area contributed by atoms with Crippen LogP contribution in [-0.2, 0) is 17.8 Å². The van der Waals surface area contributed by atoms with Crippen LogP contribution in [0.3, 0.4) is 0 Å². The van der Waals surface area contributed by atoms with Crippen LogP contribution in [0.4, 0.5) is 0 Å². The smallest absolute Gasteiger partial charge is 0.227 e. The third-order valence-electron chi connectivity index (χ3n) is 3.52. The van der Waals surface area contributed by atoms with E-state index in [0.717, 1.165) is 26.7 Å². The van der Waals surface area contributed by atoms with Crippen LogP contribution in [0.15, 0.2) is 60.7 Å². The molecule has 0 aliphatic rings. The first-order chi connectivity index (χ1) is 11.2. The topological polar surface area (TPSA) is 42.0 Å². The minimum absolute atomic E-state index is 0.00205. The average Bonchev–Trinajstić information content (AvgIpc) is 2.95. The highest BCUT2D eigenvalue weighted by atomic mass is 32.1. The van der Waals surface area contributed by atoms with Crippen molar-refractivity contribution in [3.05, 3.63) is 76.9 Å². The molecule has 1 heterocycles. The Morgan fingerprint density at radius 3 is 2.39 bits per heavy atom. The molecule has 0 radical (unpaired) electrons. The molecule has 0 fully saturated rings. The Hall–Kier alpha value is -2.46. The largest absolute Gasteiger partial charge is 0.352 e. The van der Waals surface area contributed by atoms with Crippen LogP contribution in [-0.4, -0.2) is 10.9 Å². The molecule has 0 unspecified atom stereocenters. The molecule has 116 valence electrons. The molecule has 3 nitrogen and oxygen atoms in total. The highest BCUT2D eigenvalue weighted by Crippen LogP contribution is 2.29. The van der Waals surface area contributed by atoms with E-state index in [2.05, 4.69) is 22.4 Å². The van der Waals surface area contributed by atoms with Gasteiger partial charge in [0.1, 0.15) is 5.01 Å². The lowest BCUT2D eigenvalue weighted by molar-refractivity contribution is -0.120. The third kappa shape index (κ3) is 4.05. The fraction of sp³-hybridized carbons (Fsp3) is 0.158. The molecule has 23 heavy (non-hydrogen) atoms. The number of rotatable bonds is 5. The van der Waals surface area contributed by atoms with Crippen molar-refractivity contribution < 1.29 is 4.79 Å². The van der Waals surface area contributed by atoms with Gasteiger partial charge in [-0.1, -0.05) is 60.7 Å². The van der Waals surface area contributed by atoms with E-state index >= 15 is 0 Å². The lowest BCUT2D eigenvalue weighted by Crippen LogP contribution is -2.24. The monoisotopic (exact) mass is 322 g/mol. The lowest BCUT2D eigenvalue weighted by Gasteiger charge is -2.03. The molecule has 1 amide bonds. The van der Waals surface area contributed by atoms with Gasteiger partial charge in [-0.15, -0.1) is 11.3 Å². The van der Waals surface area contributed by atoms with Gasteiger partial charge >= 0.3 is 0 Å². The lowest BCUT2D eigenvalue weighted by atomic mass is 10.2. The molecule has 0 spiro atoms. The molecule has 2 aromatic carbocycles. The fourth-order valence-electron chi connectivity index (χ4n) is 2.38. The van der Waals surface area contributed by atoms with E-state index in [9.17, 15) is 4.79 Å². The van der Waals surface area contributed by atoms with Gasteiger partial charge in [0.15, 0.2) is 0 Å². The summed E-state index contributed by atoms with van der Waals surface area (Å²) in [5.74, 6) is 0.00205. The maximum absolute atomic E-state index is 12.1. The summed E-state index contributed by atoms with van der Waals surface area (Å²) in [5, 5.41) is 3.80. The number of aromatic nitrogens is 1. The Bertz CT molecular complexity index is 782. The zero-order chi connectivity index (χ0) is 16.1. The van der Waals surface area contributed by atoms with Crippen LogP contribution in [0, 0.1) is 6.92 Å². The molecule has 1 aromatic heterocycles. The Morgan fingerprint density at radius 1 is 1.04 bits per heavy atom. The highest BCUT2D eigenvalue weighted by Gasteiger charge is 2.12. The molecule has 4 heteroatoms. The van der Waals surface area contributed by atoms with Gasteiger partial charge in [-0.05, 0) is 18.1 Å². The van der Waals surface area contributed by atoms with Crippen LogP contribution in [0.1, 0.15) is 16.3 Å². The minimum atomic E-state index is 0.00205. The van der Waals surface area contributed by atoms with Crippen molar-refractivity contribution in [2.45, 2.75) is 19.9 Å². The van der Waals surface area contributed by atoms with Gasteiger partial charge in [0.2, 0.25) is 5.91 Å². The predicted molar refractivity (Wildman–Crippen MR) is 94.3 cm³/mol. The molecule has 0 saturated heterocycles. The number of hydrogen-bond donors (Lipinski definition) is 1. The first-order valence-electron chi connectivity index (χ1n) is 7.55. The van der Waals surface area contributed by atoms with E-state index in [4.69, 9.17) is 0 Å². The van der Waals surface area contributed by atoms with Crippen LogP contribution >= 0.6 is 11.3 Å². The van der Waals surface area contributed by atoms with E-state index in [1.54, 1.807) is 11.3 Å². The molecule has 3 rings (SSSR count). The number of carbonyl (C=O) groups excluding carboxylic acids is 1. The molecule has 3 aromatic rings. The van der Waals surface area contributed by atoms with Crippen LogP contribution in [0.25, 0.3) is 10.4 Å². The van der Waals surface area contributed by atoms with Gasteiger partial charge < -0.3 is 5.32 Å². The number of aryl methyl sites for hydroxylation is 1. The van der Waals surface area contributed by atoms with Gasteiger partial charge in [-0.2, -0.15) is 0 Å². The van der Waals surface area contributed by atoms with Crippen LogP contribution in [0.2, 0.25) is 0 Å². The normalized spacial score (nSPS) is 10.5. The highest BCUT2D eigenvalue weighted by molar-refractivity contribution is 7.15. The summed E-state index contributed by atoms with van der Waals surface area (Å²) >= 11 is 1.59. The summed E-state index contributed by atoms with van der Waals surface area (Å²) in [5.41, 5.74) is 3.23. The molecule has 1 N–H and O–H groups in total. The van der Waals surface area contributed by atoms with Crippen molar-refractivity contribution in [3.8, 4) is 10.4 Å². The number of benzene rings is 2. The summed E-state index contributed by atoms with van der Waals surface area (Å²) in [7, 11) is 0. The van der Waals surface area contributed by atoms with E-state index in [1.165, 1.54) is 0 Å². The summed E-state index contributed by atoms with van der Waals surface area (Å²) in [6.45, 7) is 2.54. The van der Waals surface area contributed by atoms with Crippen LogP contribution in [0.5, 0.6) is 0 Å². The Balaban J connectivity index is 1.63. The van der Waals surface area contributed by atoms with Gasteiger partial charge in [0.05, 0.1) is 17.0 Å². The standard InChI is InChI=1S/C19H18N2OS/c1-14-19(16-10-6-3-7-11-16)23-18(21-14)12-17(22)20-13-15-8-4-2-5-9-15/h2-11H,12-13H2,1H3,(H,20,22). The Kier molecular flexibility index (Phi) is 4.83. The molecule has 0 aliphatic carbocycles. The minimum Gasteiger partial charge on any atom is -0.352 e. The maximum Gasteiger partial charge on any atom is 0.227 e. The Labute approximate surface area is 140 Å². The van der Waals surface area contributed by atoms with Crippen molar-refractivity contribution in [1.82, 2.24) is 10.3 Å². The second-order valence-corrected chi connectivity index (χ2v) is 6.41. The number of thiazole rings is 1. The van der Waals surface area contributed by atoms with Crippen molar-refractivity contribution in [3.63, 3.8) is 0 Å². The molecule has 0 aliphatic heterocycles. The second-order valence-electron chi connectivity index (χ2n) is 5.33. The number of nitrogens with one attached hydrogen (secondary N) is 1. The van der Waals surface area contributed by atoms with E-state index in [0.29, 0.717) is 13.0 Å². The zero-order valence-corrected chi connectivity index (χ0v) is 13.8. The predicted octanol–water partition coefficient (Wildman–Crippen LogP) is 3.98. The van der Waals surface area contributed by atoms with Crippen molar-refractivity contribution in [2.75, 3.05) is 0 Å². The van der Waals surface area contributed by atoms with E-state index in [-0.39, 0.29) is 5.91 Å². The van der Waals surface area contributed by atoms with Gasteiger partial charge in [0, 0.05) is 6.54 Å². The Morgan fingerprint density at radius 2 is 1.70 bits per heavy atom. The second kappa shape index (κ2) is 7.20. The third-order valence-corrected chi connectivity index (χ3v) is 4.73. The average molecular weight is 322 g/mol. The first kappa shape index (κ1) is 15.4. The number of nitrogens with zero attached hydrogens (tertiary/aromatic N) is 1. The summed E-state index contributed by atoms with van der Waals surface area (Å²) in [4.78, 5) is 17.8. The fourth-order valence-corrected chi connectivity index (χ4v) is 3.45. The number of hydrogen-bond acceptors (Lipinski definition) is 3.